The molecule has 2 nitrogen and oxygen atoms in total. The van der Waals surface area contributed by atoms with E-state index in [1.807, 2.05) is 0 Å². The van der Waals surface area contributed by atoms with E-state index in [1.54, 1.807) is 0 Å². The fraction of sp³-hybridized carbons (Fsp3) is 0.684. The second kappa shape index (κ2) is 7.42. The Morgan fingerprint density at radius 3 is 2.62 bits per heavy atom. The van der Waals surface area contributed by atoms with Crippen LogP contribution in [0.15, 0.2) is 30.3 Å². The van der Waals surface area contributed by atoms with Crippen LogP contribution in [0.25, 0.3) is 0 Å². The SMILES string of the molecule is CCC1CCCN1CC(C)(CNC(C)C)c1ccccc1. The van der Waals surface area contributed by atoms with E-state index >= 15 is 0 Å². The predicted octanol–water partition coefficient (Wildman–Crippen LogP) is 3.82. The van der Waals surface area contributed by atoms with Crippen LogP contribution in [0, 0.1) is 0 Å². The Bertz CT molecular complexity index is 415. The van der Waals surface area contributed by atoms with Crippen LogP contribution < -0.4 is 5.32 Å². The zero-order valence-electron chi connectivity index (χ0n) is 14.2. The summed E-state index contributed by atoms with van der Waals surface area (Å²) in [5.74, 6) is 0. The van der Waals surface area contributed by atoms with Gasteiger partial charge in [-0.05, 0) is 31.4 Å². The number of hydrogen-bond acceptors (Lipinski definition) is 2. The van der Waals surface area contributed by atoms with Crippen LogP contribution in [-0.4, -0.2) is 36.6 Å². The zero-order valence-corrected chi connectivity index (χ0v) is 14.2. The molecule has 2 heteroatoms. The summed E-state index contributed by atoms with van der Waals surface area (Å²) in [4.78, 5) is 2.72. The van der Waals surface area contributed by atoms with Crippen LogP contribution in [0.4, 0.5) is 0 Å². The normalized spacial score (nSPS) is 22.6. The first-order valence-electron chi connectivity index (χ1n) is 8.58. The molecule has 1 aliphatic heterocycles. The van der Waals surface area contributed by atoms with Crippen molar-refractivity contribution in [3.05, 3.63) is 35.9 Å². The number of hydrogen-bond donors (Lipinski definition) is 1. The number of nitrogens with zero attached hydrogens (tertiary/aromatic N) is 1. The monoisotopic (exact) mass is 288 g/mol. The fourth-order valence-corrected chi connectivity index (χ4v) is 3.53. The highest BCUT2D eigenvalue weighted by molar-refractivity contribution is 5.26. The summed E-state index contributed by atoms with van der Waals surface area (Å²) in [5.41, 5.74) is 1.64. The highest BCUT2D eigenvalue weighted by Crippen LogP contribution is 2.29. The van der Waals surface area contributed by atoms with Crippen LogP contribution in [0.3, 0.4) is 0 Å². The lowest BCUT2D eigenvalue weighted by Crippen LogP contribution is -2.48. The van der Waals surface area contributed by atoms with E-state index in [4.69, 9.17) is 0 Å². The molecule has 0 aliphatic carbocycles. The third kappa shape index (κ3) is 4.31. The first-order valence-corrected chi connectivity index (χ1v) is 8.58. The molecule has 1 N–H and O–H groups in total. The van der Waals surface area contributed by atoms with Crippen molar-refractivity contribution >= 4 is 0 Å². The number of nitrogens with one attached hydrogen (secondary N) is 1. The molecule has 0 bridgehead atoms. The molecular formula is C19H32N2. The summed E-state index contributed by atoms with van der Waals surface area (Å²) in [6.45, 7) is 12.7. The van der Waals surface area contributed by atoms with Gasteiger partial charge < -0.3 is 5.32 Å². The van der Waals surface area contributed by atoms with E-state index < -0.39 is 0 Å². The van der Waals surface area contributed by atoms with Gasteiger partial charge >= 0.3 is 0 Å². The third-order valence-electron chi connectivity index (χ3n) is 4.89. The van der Waals surface area contributed by atoms with E-state index in [-0.39, 0.29) is 5.41 Å². The highest BCUT2D eigenvalue weighted by atomic mass is 15.2. The molecule has 21 heavy (non-hydrogen) atoms. The van der Waals surface area contributed by atoms with Crippen LogP contribution in [0.5, 0.6) is 0 Å². The number of likely N-dealkylation sites (tertiary alicyclic amines) is 1. The van der Waals surface area contributed by atoms with Gasteiger partial charge in [-0.15, -0.1) is 0 Å². The van der Waals surface area contributed by atoms with Gasteiger partial charge in [0.25, 0.3) is 0 Å². The number of benzene rings is 1. The van der Waals surface area contributed by atoms with E-state index in [9.17, 15) is 0 Å². The second-order valence-corrected chi connectivity index (χ2v) is 7.14. The van der Waals surface area contributed by atoms with E-state index in [0.717, 1.165) is 19.1 Å². The van der Waals surface area contributed by atoms with Crippen LogP contribution in [0.1, 0.15) is 52.5 Å². The molecule has 1 saturated heterocycles. The Labute approximate surface area is 130 Å². The molecule has 2 atom stereocenters. The summed E-state index contributed by atoms with van der Waals surface area (Å²) in [5, 5.41) is 3.66. The molecule has 0 saturated carbocycles. The van der Waals surface area contributed by atoms with Crippen LogP contribution in [0.2, 0.25) is 0 Å². The first kappa shape index (κ1) is 16.5. The molecule has 2 unspecified atom stereocenters. The second-order valence-electron chi connectivity index (χ2n) is 7.14. The minimum atomic E-state index is 0.184. The van der Waals surface area contributed by atoms with Crippen molar-refractivity contribution < 1.29 is 0 Å². The molecule has 0 radical (unpaired) electrons. The van der Waals surface area contributed by atoms with Crippen molar-refractivity contribution in [1.29, 1.82) is 0 Å². The maximum Gasteiger partial charge on any atom is 0.0177 e. The van der Waals surface area contributed by atoms with Crippen molar-refractivity contribution in [2.75, 3.05) is 19.6 Å². The summed E-state index contributed by atoms with van der Waals surface area (Å²) < 4.78 is 0. The van der Waals surface area contributed by atoms with Crippen molar-refractivity contribution in [3.63, 3.8) is 0 Å². The van der Waals surface area contributed by atoms with Gasteiger partial charge in [-0.2, -0.15) is 0 Å². The largest absolute Gasteiger partial charge is 0.314 e. The smallest absolute Gasteiger partial charge is 0.0177 e. The zero-order chi connectivity index (χ0) is 15.3. The average Bonchev–Trinajstić information content (AvgIpc) is 2.93. The molecule has 0 amide bonds. The van der Waals surface area contributed by atoms with Crippen LogP contribution in [-0.2, 0) is 5.41 Å². The minimum Gasteiger partial charge on any atom is -0.314 e. The third-order valence-corrected chi connectivity index (χ3v) is 4.89. The van der Waals surface area contributed by atoms with Crippen molar-refractivity contribution in [2.24, 2.45) is 0 Å². The Kier molecular flexibility index (Phi) is 5.83. The lowest BCUT2D eigenvalue weighted by atomic mass is 9.81. The van der Waals surface area contributed by atoms with Gasteiger partial charge in [-0.1, -0.05) is 58.0 Å². The summed E-state index contributed by atoms with van der Waals surface area (Å²) in [6.07, 6.45) is 4.02. The van der Waals surface area contributed by atoms with Gasteiger partial charge in [-0.3, -0.25) is 4.90 Å². The standard InChI is InChI=1S/C19H32N2/c1-5-18-12-9-13-21(18)15-19(4,14-20-16(2)3)17-10-7-6-8-11-17/h6-8,10-11,16,18,20H,5,9,12-15H2,1-4H3. The molecule has 2 rings (SSSR count). The summed E-state index contributed by atoms with van der Waals surface area (Å²) >= 11 is 0. The van der Waals surface area contributed by atoms with Crippen LogP contribution >= 0.6 is 0 Å². The average molecular weight is 288 g/mol. The summed E-state index contributed by atoms with van der Waals surface area (Å²) in [7, 11) is 0. The maximum atomic E-state index is 3.66. The highest BCUT2D eigenvalue weighted by Gasteiger charge is 2.33. The molecule has 1 aliphatic rings. The molecule has 118 valence electrons. The van der Waals surface area contributed by atoms with Gasteiger partial charge in [0.15, 0.2) is 0 Å². The topological polar surface area (TPSA) is 15.3 Å². The fourth-order valence-electron chi connectivity index (χ4n) is 3.53. The molecule has 1 fully saturated rings. The van der Waals surface area contributed by atoms with E-state index in [2.05, 4.69) is 68.2 Å². The van der Waals surface area contributed by atoms with E-state index in [0.29, 0.717) is 6.04 Å². The first-order chi connectivity index (χ1) is 10.0. The van der Waals surface area contributed by atoms with Gasteiger partial charge in [-0.25, -0.2) is 0 Å². The quantitative estimate of drug-likeness (QED) is 0.820. The van der Waals surface area contributed by atoms with Crippen molar-refractivity contribution in [3.8, 4) is 0 Å². The Morgan fingerprint density at radius 2 is 2.00 bits per heavy atom. The Morgan fingerprint density at radius 1 is 1.29 bits per heavy atom. The Hall–Kier alpha value is -0.860. The molecule has 1 heterocycles. The Balaban J connectivity index is 2.15. The van der Waals surface area contributed by atoms with Crippen molar-refractivity contribution in [2.45, 2.75) is 64.5 Å². The van der Waals surface area contributed by atoms with Gasteiger partial charge in [0, 0.05) is 30.6 Å². The molecule has 1 aromatic carbocycles. The summed E-state index contributed by atoms with van der Waals surface area (Å²) in [6, 6.07) is 12.4. The van der Waals surface area contributed by atoms with Gasteiger partial charge in [0.1, 0.15) is 0 Å². The molecule has 1 aromatic rings. The van der Waals surface area contributed by atoms with Gasteiger partial charge in [0.05, 0.1) is 0 Å². The maximum absolute atomic E-state index is 3.66. The minimum absolute atomic E-state index is 0.184. The van der Waals surface area contributed by atoms with Crippen molar-refractivity contribution in [1.82, 2.24) is 10.2 Å². The number of rotatable bonds is 7. The molecule has 0 aromatic heterocycles. The molecular weight excluding hydrogens is 256 g/mol. The van der Waals surface area contributed by atoms with Gasteiger partial charge in [0.2, 0.25) is 0 Å². The lowest BCUT2D eigenvalue weighted by molar-refractivity contribution is 0.190. The molecule has 0 spiro atoms. The van der Waals surface area contributed by atoms with E-state index in [1.165, 1.54) is 31.4 Å². The predicted molar refractivity (Wildman–Crippen MR) is 91.8 cm³/mol. The lowest BCUT2D eigenvalue weighted by Gasteiger charge is -2.37.